The first-order chi connectivity index (χ1) is 26.5. The van der Waals surface area contributed by atoms with E-state index >= 15 is 0 Å². The van der Waals surface area contributed by atoms with Gasteiger partial charge in [-0.2, -0.15) is 0 Å². The first kappa shape index (κ1) is 32.0. The predicted molar refractivity (Wildman–Crippen MR) is 229 cm³/mol. The van der Waals surface area contributed by atoms with Crippen LogP contribution in [0, 0.1) is 6.92 Å². The Morgan fingerprint density at radius 2 is 0.963 bits per heavy atom. The van der Waals surface area contributed by atoms with Crippen LogP contribution in [0.4, 0.5) is 17.1 Å². The molecule has 10 rings (SSSR count). The summed E-state index contributed by atoms with van der Waals surface area (Å²) >= 11 is 0. The molecule has 0 atom stereocenters. The zero-order valence-corrected chi connectivity index (χ0v) is 30.8. The molecule has 0 saturated carbocycles. The number of anilines is 3. The Bertz CT molecular complexity index is 2790. The van der Waals surface area contributed by atoms with Gasteiger partial charge in [0.05, 0.1) is 11.0 Å². The number of nitrogens with zero attached hydrogens (tertiary/aromatic N) is 2. The van der Waals surface area contributed by atoms with Crippen molar-refractivity contribution in [3.05, 3.63) is 205 Å². The average Bonchev–Trinajstić information content (AvgIpc) is 3.68. The number of benzene rings is 8. The molecule has 0 unspecified atom stereocenters. The number of fused-ring (bicyclic) bond motifs is 6. The van der Waals surface area contributed by atoms with E-state index in [0.29, 0.717) is 0 Å². The summed E-state index contributed by atoms with van der Waals surface area (Å²) in [5.41, 5.74) is 18.4. The van der Waals surface area contributed by atoms with Crippen LogP contribution in [0.3, 0.4) is 0 Å². The van der Waals surface area contributed by atoms with Gasteiger partial charge in [0.2, 0.25) is 0 Å². The van der Waals surface area contributed by atoms with Crippen LogP contribution in [-0.2, 0) is 5.41 Å². The van der Waals surface area contributed by atoms with Gasteiger partial charge in [-0.25, -0.2) is 0 Å². The number of aromatic nitrogens is 1. The maximum atomic E-state index is 2.44. The summed E-state index contributed by atoms with van der Waals surface area (Å²) < 4.78 is 2.39. The van der Waals surface area contributed by atoms with E-state index in [1.54, 1.807) is 0 Å². The number of hydrogen-bond donors (Lipinski definition) is 0. The van der Waals surface area contributed by atoms with Crippen molar-refractivity contribution in [2.24, 2.45) is 0 Å². The fourth-order valence-electron chi connectivity index (χ4n) is 8.78. The minimum atomic E-state index is -0.0984. The van der Waals surface area contributed by atoms with Crippen LogP contribution in [-0.4, -0.2) is 4.57 Å². The SMILES string of the molecule is Cc1cc(-c2ccc(-c3ccccc3)cc2)ccc1N(c1ccc(-n2c3ccccc3c3ccccc32)cc1)c1ccc2c(c1)C(C)(C)c1ccccc1-2. The molecule has 0 radical (unpaired) electrons. The molecular weight excluding hydrogens is 653 g/mol. The van der Waals surface area contributed by atoms with Gasteiger partial charge in [0.25, 0.3) is 0 Å². The minimum absolute atomic E-state index is 0.0984. The smallest absolute Gasteiger partial charge is 0.0541 e. The van der Waals surface area contributed by atoms with Crippen molar-refractivity contribution in [3.63, 3.8) is 0 Å². The highest BCUT2D eigenvalue weighted by Gasteiger charge is 2.35. The van der Waals surface area contributed by atoms with E-state index in [2.05, 4.69) is 218 Å². The van der Waals surface area contributed by atoms with E-state index in [0.717, 1.165) is 22.7 Å². The Morgan fingerprint density at radius 3 is 1.65 bits per heavy atom. The van der Waals surface area contributed by atoms with E-state index < -0.39 is 0 Å². The predicted octanol–water partition coefficient (Wildman–Crippen LogP) is 14.2. The molecule has 258 valence electrons. The molecule has 0 N–H and O–H groups in total. The molecule has 0 amide bonds. The zero-order chi connectivity index (χ0) is 36.4. The van der Waals surface area contributed by atoms with Gasteiger partial charge < -0.3 is 9.47 Å². The summed E-state index contributed by atoms with van der Waals surface area (Å²) in [4.78, 5) is 2.44. The van der Waals surface area contributed by atoms with Crippen molar-refractivity contribution in [1.82, 2.24) is 4.57 Å². The molecule has 0 bridgehead atoms. The van der Waals surface area contributed by atoms with Crippen molar-refractivity contribution in [2.45, 2.75) is 26.2 Å². The molecule has 0 saturated heterocycles. The van der Waals surface area contributed by atoms with Gasteiger partial charge in [0, 0.05) is 38.9 Å². The van der Waals surface area contributed by atoms with Crippen LogP contribution in [0.2, 0.25) is 0 Å². The highest BCUT2D eigenvalue weighted by molar-refractivity contribution is 6.09. The summed E-state index contributed by atoms with van der Waals surface area (Å²) in [7, 11) is 0. The first-order valence-corrected chi connectivity index (χ1v) is 18.9. The number of rotatable bonds is 6. The molecular formula is C52H40N2. The summed E-state index contributed by atoms with van der Waals surface area (Å²) in [5, 5.41) is 2.54. The molecule has 0 aliphatic heterocycles. The number of hydrogen-bond acceptors (Lipinski definition) is 1. The van der Waals surface area contributed by atoms with Crippen LogP contribution in [0.15, 0.2) is 188 Å². The van der Waals surface area contributed by atoms with Gasteiger partial charge in [-0.1, -0.05) is 141 Å². The topological polar surface area (TPSA) is 8.17 Å². The van der Waals surface area contributed by atoms with Crippen molar-refractivity contribution >= 4 is 38.9 Å². The zero-order valence-electron chi connectivity index (χ0n) is 30.8. The van der Waals surface area contributed by atoms with Crippen molar-refractivity contribution < 1.29 is 0 Å². The number of para-hydroxylation sites is 2. The quantitative estimate of drug-likeness (QED) is 0.168. The third-order valence-corrected chi connectivity index (χ3v) is 11.5. The molecule has 0 spiro atoms. The Morgan fingerprint density at radius 1 is 0.426 bits per heavy atom. The lowest BCUT2D eigenvalue weighted by Gasteiger charge is -2.29. The Balaban J connectivity index is 1.09. The van der Waals surface area contributed by atoms with Gasteiger partial charge >= 0.3 is 0 Å². The molecule has 1 aromatic heterocycles. The largest absolute Gasteiger partial charge is 0.310 e. The maximum Gasteiger partial charge on any atom is 0.0541 e. The van der Waals surface area contributed by atoms with Crippen molar-refractivity contribution in [2.75, 3.05) is 4.90 Å². The highest BCUT2D eigenvalue weighted by atomic mass is 15.1. The highest BCUT2D eigenvalue weighted by Crippen LogP contribution is 2.51. The lowest BCUT2D eigenvalue weighted by atomic mass is 9.82. The average molecular weight is 693 g/mol. The monoisotopic (exact) mass is 692 g/mol. The minimum Gasteiger partial charge on any atom is -0.310 e. The van der Waals surface area contributed by atoms with Crippen LogP contribution in [0.1, 0.15) is 30.5 Å². The Labute approximate surface area is 317 Å². The molecule has 1 aliphatic rings. The van der Waals surface area contributed by atoms with E-state index in [1.807, 2.05) is 0 Å². The molecule has 8 aromatic carbocycles. The second-order valence-electron chi connectivity index (χ2n) is 15.1. The number of aryl methyl sites for hydroxylation is 1. The van der Waals surface area contributed by atoms with Gasteiger partial charge in [-0.15, -0.1) is 0 Å². The maximum absolute atomic E-state index is 2.44. The molecule has 2 heteroatoms. The summed E-state index contributed by atoms with van der Waals surface area (Å²) in [6.45, 7) is 6.95. The van der Waals surface area contributed by atoms with Gasteiger partial charge in [0.15, 0.2) is 0 Å². The van der Waals surface area contributed by atoms with E-state index in [-0.39, 0.29) is 5.41 Å². The molecule has 54 heavy (non-hydrogen) atoms. The standard InChI is InChI=1S/C52H40N2/c1-35-33-39(38-23-21-37(22-24-38)36-13-5-4-6-14-36)25-32-49(35)53(42-30-31-44-43-15-7-10-18-47(43)52(2,3)48(44)34-42)40-26-28-41(29-27-40)54-50-19-11-8-16-45(50)46-17-9-12-20-51(46)54/h4-34H,1-3H3. The summed E-state index contributed by atoms with van der Waals surface area (Å²) in [5.74, 6) is 0. The Hall–Kier alpha value is -6.64. The van der Waals surface area contributed by atoms with Crippen LogP contribution in [0.5, 0.6) is 0 Å². The van der Waals surface area contributed by atoms with Gasteiger partial charge in [-0.05, 0) is 118 Å². The second kappa shape index (κ2) is 12.5. The molecule has 1 heterocycles. The molecule has 9 aromatic rings. The lowest BCUT2D eigenvalue weighted by molar-refractivity contribution is 0.660. The first-order valence-electron chi connectivity index (χ1n) is 18.9. The lowest BCUT2D eigenvalue weighted by Crippen LogP contribution is -2.17. The molecule has 2 nitrogen and oxygen atoms in total. The van der Waals surface area contributed by atoms with Crippen LogP contribution in [0.25, 0.3) is 60.9 Å². The van der Waals surface area contributed by atoms with Crippen molar-refractivity contribution in [3.8, 4) is 39.1 Å². The summed E-state index contributed by atoms with van der Waals surface area (Å²) in [6.07, 6.45) is 0. The van der Waals surface area contributed by atoms with E-state index in [9.17, 15) is 0 Å². The Kier molecular flexibility index (Phi) is 7.42. The summed E-state index contributed by atoms with van der Waals surface area (Å²) in [6, 6.07) is 68.8. The molecule has 1 aliphatic carbocycles. The molecule has 0 fully saturated rings. The second-order valence-corrected chi connectivity index (χ2v) is 15.1. The van der Waals surface area contributed by atoms with Gasteiger partial charge in [-0.3, -0.25) is 0 Å². The van der Waals surface area contributed by atoms with Crippen molar-refractivity contribution in [1.29, 1.82) is 0 Å². The fourth-order valence-corrected chi connectivity index (χ4v) is 8.78. The third kappa shape index (κ3) is 5.09. The van der Waals surface area contributed by atoms with Crippen LogP contribution >= 0.6 is 0 Å². The van der Waals surface area contributed by atoms with Crippen LogP contribution < -0.4 is 4.90 Å². The van der Waals surface area contributed by atoms with E-state index in [4.69, 9.17) is 0 Å². The normalized spacial score (nSPS) is 12.9. The van der Waals surface area contributed by atoms with Gasteiger partial charge in [0.1, 0.15) is 0 Å². The van der Waals surface area contributed by atoms with E-state index in [1.165, 1.54) is 71.9 Å². The fraction of sp³-hybridized carbons (Fsp3) is 0.0769. The third-order valence-electron chi connectivity index (χ3n) is 11.5.